The molecule has 0 saturated carbocycles. The Morgan fingerprint density at radius 3 is 2.62 bits per heavy atom. The van der Waals surface area contributed by atoms with Gasteiger partial charge in [-0.05, 0) is 69.2 Å². The van der Waals surface area contributed by atoms with Crippen LogP contribution in [0.3, 0.4) is 0 Å². The summed E-state index contributed by atoms with van der Waals surface area (Å²) in [7, 11) is -3.62. The molecule has 2 N–H and O–H groups in total. The molecule has 2 aromatic carbocycles. The highest BCUT2D eigenvalue weighted by molar-refractivity contribution is 7.89. The molecule has 1 fully saturated rings. The summed E-state index contributed by atoms with van der Waals surface area (Å²) >= 11 is 0. The zero-order valence-electron chi connectivity index (χ0n) is 16.6. The third-order valence-electron chi connectivity index (χ3n) is 4.42. The quantitative estimate of drug-likeness (QED) is 0.687. The Hall–Kier alpha value is -2.42. The maximum Gasteiger partial charge on any atom is 0.255 e. The standard InChI is InChI=1S/C21H26N2O5S/c1-15(2)28-18-6-3-5-16(13-18)21(24)23-17-8-10-20(11-9-17)29(25,26)22-14-19-7-4-12-27-19/h3,5-6,8-11,13,15,19,22H,4,7,12,14H2,1-2H3,(H,23,24). The van der Waals surface area contributed by atoms with E-state index in [-0.39, 0.29) is 29.6 Å². The van der Waals surface area contributed by atoms with Gasteiger partial charge in [0, 0.05) is 24.4 Å². The average Bonchev–Trinajstić information content (AvgIpc) is 3.20. The molecule has 0 bridgehead atoms. The largest absolute Gasteiger partial charge is 0.491 e. The smallest absolute Gasteiger partial charge is 0.255 e. The molecule has 2 aromatic rings. The highest BCUT2D eigenvalue weighted by atomic mass is 32.2. The van der Waals surface area contributed by atoms with Crippen LogP contribution in [0.15, 0.2) is 53.4 Å². The number of benzene rings is 2. The van der Waals surface area contributed by atoms with Gasteiger partial charge in [0.05, 0.1) is 17.1 Å². The van der Waals surface area contributed by atoms with Crippen LogP contribution in [0.25, 0.3) is 0 Å². The van der Waals surface area contributed by atoms with Crippen molar-refractivity contribution in [2.45, 2.75) is 43.8 Å². The van der Waals surface area contributed by atoms with Crippen LogP contribution >= 0.6 is 0 Å². The van der Waals surface area contributed by atoms with Gasteiger partial charge < -0.3 is 14.8 Å². The van der Waals surface area contributed by atoms with Crippen LogP contribution < -0.4 is 14.8 Å². The van der Waals surface area contributed by atoms with Crippen molar-refractivity contribution in [2.24, 2.45) is 0 Å². The number of rotatable bonds is 8. The lowest BCUT2D eigenvalue weighted by Crippen LogP contribution is -2.31. The first-order valence-corrected chi connectivity index (χ1v) is 11.1. The van der Waals surface area contributed by atoms with E-state index in [1.165, 1.54) is 12.1 Å². The third-order valence-corrected chi connectivity index (χ3v) is 5.85. The predicted octanol–water partition coefficient (Wildman–Crippen LogP) is 3.18. The number of carbonyl (C=O) groups is 1. The van der Waals surface area contributed by atoms with Crippen molar-refractivity contribution < 1.29 is 22.7 Å². The van der Waals surface area contributed by atoms with E-state index < -0.39 is 10.0 Å². The van der Waals surface area contributed by atoms with Crippen molar-refractivity contribution in [3.05, 3.63) is 54.1 Å². The van der Waals surface area contributed by atoms with Gasteiger partial charge in [-0.15, -0.1) is 0 Å². The molecule has 0 aliphatic carbocycles. The van der Waals surface area contributed by atoms with Gasteiger partial charge in [-0.2, -0.15) is 0 Å². The zero-order valence-corrected chi connectivity index (χ0v) is 17.4. The second-order valence-electron chi connectivity index (χ2n) is 7.16. The van der Waals surface area contributed by atoms with Gasteiger partial charge in [0.15, 0.2) is 0 Å². The first kappa shape index (κ1) is 21.3. The van der Waals surface area contributed by atoms with Crippen molar-refractivity contribution in [1.82, 2.24) is 4.72 Å². The van der Waals surface area contributed by atoms with E-state index in [1.807, 2.05) is 13.8 Å². The topological polar surface area (TPSA) is 93.7 Å². The van der Waals surface area contributed by atoms with Gasteiger partial charge in [0.25, 0.3) is 5.91 Å². The Kier molecular flexibility index (Phi) is 6.89. The lowest BCUT2D eigenvalue weighted by molar-refractivity contribution is 0.102. The maximum absolute atomic E-state index is 12.5. The van der Waals surface area contributed by atoms with Crippen molar-refractivity contribution in [3.8, 4) is 5.75 Å². The fourth-order valence-electron chi connectivity index (χ4n) is 2.99. The number of ether oxygens (including phenoxy) is 2. The molecule has 1 aliphatic heterocycles. The molecule has 1 aliphatic rings. The van der Waals surface area contributed by atoms with Crippen molar-refractivity contribution >= 4 is 21.6 Å². The first-order chi connectivity index (χ1) is 13.8. The zero-order chi connectivity index (χ0) is 20.9. The molecule has 1 amide bonds. The molecular weight excluding hydrogens is 392 g/mol. The van der Waals surface area contributed by atoms with Crippen LogP contribution in [0, 0.1) is 0 Å². The molecule has 8 heteroatoms. The fraction of sp³-hybridized carbons (Fsp3) is 0.381. The minimum atomic E-state index is -3.62. The third kappa shape index (κ3) is 6.03. The van der Waals surface area contributed by atoms with E-state index in [2.05, 4.69) is 10.0 Å². The first-order valence-electron chi connectivity index (χ1n) is 9.63. The molecule has 0 radical (unpaired) electrons. The summed E-state index contributed by atoms with van der Waals surface area (Å²) in [4.78, 5) is 12.6. The summed E-state index contributed by atoms with van der Waals surface area (Å²) in [5.41, 5.74) is 0.960. The number of nitrogens with one attached hydrogen (secondary N) is 2. The van der Waals surface area contributed by atoms with Crippen LogP contribution in [0.4, 0.5) is 5.69 Å². The monoisotopic (exact) mass is 418 g/mol. The lowest BCUT2D eigenvalue weighted by Gasteiger charge is -2.12. The van der Waals surface area contributed by atoms with Crippen LogP contribution in [0.2, 0.25) is 0 Å². The number of carbonyl (C=O) groups excluding carboxylic acids is 1. The number of hydrogen-bond acceptors (Lipinski definition) is 5. The Balaban J connectivity index is 1.61. The van der Waals surface area contributed by atoms with E-state index in [0.717, 1.165) is 12.8 Å². The number of hydrogen-bond donors (Lipinski definition) is 2. The molecule has 156 valence electrons. The Labute approximate surface area is 171 Å². The van der Waals surface area contributed by atoms with Gasteiger partial charge >= 0.3 is 0 Å². The Bertz CT molecular complexity index is 936. The normalized spacial score (nSPS) is 16.7. The summed E-state index contributed by atoms with van der Waals surface area (Å²) in [6, 6.07) is 13.0. The summed E-state index contributed by atoms with van der Waals surface area (Å²) < 4.78 is 38.4. The van der Waals surface area contributed by atoms with Crippen molar-refractivity contribution in [2.75, 3.05) is 18.5 Å². The van der Waals surface area contributed by atoms with Gasteiger partial charge in [-0.1, -0.05) is 6.07 Å². The highest BCUT2D eigenvalue weighted by Gasteiger charge is 2.20. The molecular formula is C21H26N2O5S. The number of anilines is 1. The van der Waals surface area contributed by atoms with Crippen LogP contribution in [-0.2, 0) is 14.8 Å². The van der Waals surface area contributed by atoms with Crippen molar-refractivity contribution in [3.63, 3.8) is 0 Å². The van der Waals surface area contributed by atoms with Gasteiger partial charge in [0.1, 0.15) is 5.75 Å². The summed E-state index contributed by atoms with van der Waals surface area (Å²) in [6.07, 6.45) is 1.75. The summed E-state index contributed by atoms with van der Waals surface area (Å²) in [5, 5.41) is 2.76. The minimum absolute atomic E-state index is 0.0108. The molecule has 1 saturated heterocycles. The van der Waals surface area contributed by atoms with Gasteiger partial charge in [-0.25, -0.2) is 13.1 Å². The number of amides is 1. The molecule has 0 aromatic heterocycles. The van der Waals surface area contributed by atoms with Crippen molar-refractivity contribution in [1.29, 1.82) is 0 Å². The maximum atomic E-state index is 12.5. The van der Waals surface area contributed by atoms with E-state index >= 15 is 0 Å². The number of sulfonamides is 1. The minimum Gasteiger partial charge on any atom is -0.491 e. The molecule has 1 unspecified atom stereocenters. The van der Waals surface area contributed by atoms with E-state index in [4.69, 9.17) is 9.47 Å². The molecule has 0 spiro atoms. The summed E-state index contributed by atoms with van der Waals surface area (Å²) in [6.45, 7) is 4.76. The lowest BCUT2D eigenvalue weighted by atomic mass is 10.2. The molecule has 3 rings (SSSR count). The second-order valence-corrected chi connectivity index (χ2v) is 8.93. The molecule has 7 nitrogen and oxygen atoms in total. The average molecular weight is 419 g/mol. The van der Waals surface area contributed by atoms with E-state index in [9.17, 15) is 13.2 Å². The molecule has 1 heterocycles. The molecule has 29 heavy (non-hydrogen) atoms. The van der Waals surface area contributed by atoms with Crippen LogP contribution in [0.1, 0.15) is 37.0 Å². The summed E-state index contributed by atoms with van der Waals surface area (Å²) in [5.74, 6) is 0.317. The Morgan fingerprint density at radius 2 is 1.97 bits per heavy atom. The Morgan fingerprint density at radius 1 is 1.21 bits per heavy atom. The highest BCUT2D eigenvalue weighted by Crippen LogP contribution is 2.19. The van der Waals surface area contributed by atoms with Crippen LogP contribution in [0.5, 0.6) is 5.75 Å². The predicted molar refractivity (Wildman–Crippen MR) is 111 cm³/mol. The van der Waals surface area contributed by atoms with Crippen LogP contribution in [-0.4, -0.2) is 39.7 Å². The molecule has 1 atom stereocenters. The van der Waals surface area contributed by atoms with Gasteiger partial charge in [-0.3, -0.25) is 4.79 Å². The SMILES string of the molecule is CC(C)Oc1cccc(C(=O)Nc2ccc(S(=O)(=O)NCC3CCCO3)cc2)c1. The van der Waals surface area contributed by atoms with E-state index in [1.54, 1.807) is 36.4 Å². The van der Waals surface area contributed by atoms with Gasteiger partial charge in [0.2, 0.25) is 10.0 Å². The van der Waals surface area contributed by atoms with E-state index in [0.29, 0.717) is 23.6 Å². The fourth-order valence-corrected chi connectivity index (χ4v) is 4.06. The second kappa shape index (κ2) is 9.39.